The first-order chi connectivity index (χ1) is 11.9. The molecule has 1 fully saturated rings. The van der Waals surface area contributed by atoms with Crippen molar-refractivity contribution in [1.29, 1.82) is 0 Å². The lowest BCUT2D eigenvalue weighted by Gasteiger charge is -2.22. The molecule has 0 unspecified atom stereocenters. The smallest absolute Gasteiger partial charge is 0.261 e. The third kappa shape index (κ3) is 3.42. The van der Waals surface area contributed by atoms with E-state index in [0.717, 1.165) is 30.5 Å². The van der Waals surface area contributed by atoms with Gasteiger partial charge in [0.15, 0.2) is 0 Å². The van der Waals surface area contributed by atoms with Crippen molar-refractivity contribution in [3.05, 3.63) is 33.2 Å². The molecule has 8 heteroatoms. The van der Waals surface area contributed by atoms with Crippen LogP contribution >= 0.6 is 0 Å². The molecule has 25 heavy (non-hydrogen) atoms. The minimum absolute atomic E-state index is 0.0835. The summed E-state index contributed by atoms with van der Waals surface area (Å²) in [5, 5.41) is 0. The van der Waals surface area contributed by atoms with Gasteiger partial charge in [-0.25, -0.2) is 0 Å². The average Bonchev–Trinajstić information content (AvgIpc) is 2.88. The number of nitrogens with zero attached hydrogens (tertiary/aromatic N) is 2. The van der Waals surface area contributed by atoms with Crippen LogP contribution in [0.5, 0.6) is 0 Å². The van der Waals surface area contributed by atoms with E-state index >= 15 is 0 Å². The molecule has 1 aromatic heterocycles. The van der Waals surface area contributed by atoms with Crippen LogP contribution in [0.2, 0.25) is 0 Å². The summed E-state index contributed by atoms with van der Waals surface area (Å²) in [5.41, 5.74) is 6.99. The molecule has 0 saturated carbocycles. The molecule has 0 spiro atoms. The highest BCUT2D eigenvalue weighted by Crippen LogP contribution is 2.20. The first-order valence-corrected chi connectivity index (χ1v) is 8.46. The second kappa shape index (κ2) is 6.70. The molecule has 1 aliphatic heterocycles. The molecule has 0 bridgehead atoms. The van der Waals surface area contributed by atoms with Crippen LogP contribution in [0.25, 0.3) is 0 Å². The standard InChI is InChI=1S/C17H22N4O4/c1-10(22)20-5-6-21(9-12(8-20)15(18)23)17(25)13-7-11-3-2-4-14(11)19-16(13)24/h7,12H,2-6,8-9H2,1H3,(H2,18,23)(H,19,24)/t12-/m1/s1. The zero-order valence-electron chi connectivity index (χ0n) is 14.2. The Morgan fingerprint density at radius 3 is 2.52 bits per heavy atom. The number of hydrogen-bond acceptors (Lipinski definition) is 4. The van der Waals surface area contributed by atoms with Gasteiger partial charge in [0.05, 0.1) is 5.92 Å². The van der Waals surface area contributed by atoms with E-state index in [-0.39, 0.29) is 31.1 Å². The Bertz CT molecular complexity index is 785. The average molecular weight is 346 g/mol. The molecule has 3 amide bonds. The molecule has 8 nitrogen and oxygen atoms in total. The lowest BCUT2D eigenvalue weighted by atomic mass is 10.1. The van der Waals surface area contributed by atoms with E-state index in [1.807, 2.05) is 0 Å². The predicted octanol–water partition coefficient (Wildman–Crippen LogP) is -0.731. The number of aryl methyl sites for hydroxylation is 2. The summed E-state index contributed by atoms with van der Waals surface area (Å²) < 4.78 is 0. The van der Waals surface area contributed by atoms with Crippen LogP contribution in [0.1, 0.15) is 35.0 Å². The summed E-state index contributed by atoms with van der Waals surface area (Å²) in [7, 11) is 0. The molecule has 1 atom stereocenters. The number of fused-ring (bicyclic) bond motifs is 1. The molecule has 0 radical (unpaired) electrons. The zero-order valence-corrected chi connectivity index (χ0v) is 14.2. The van der Waals surface area contributed by atoms with Crippen LogP contribution in [-0.2, 0) is 22.4 Å². The van der Waals surface area contributed by atoms with Gasteiger partial charge in [-0.2, -0.15) is 0 Å². The van der Waals surface area contributed by atoms with E-state index in [1.54, 1.807) is 6.07 Å². The fourth-order valence-corrected chi connectivity index (χ4v) is 3.51. The Balaban J connectivity index is 1.87. The van der Waals surface area contributed by atoms with Gasteiger partial charge < -0.3 is 20.5 Å². The summed E-state index contributed by atoms with van der Waals surface area (Å²) in [6, 6.07) is 1.66. The quantitative estimate of drug-likeness (QED) is 0.734. The van der Waals surface area contributed by atoms with Crippen LogP contribution in [0.15, 0.2) is 10.9 Å². The maximum Gasteiger partial charge on any atom is 0.261 e. The molecule has 2 heterocycles. The molecule has 2 aliphatic rings. The normalized spacial score (nSPS) is 20.1. The van der Waals surface area contributed by atoms with Crippen LogP contribution in [0.3, 0.4) is 0 Å². The fourth-order valence-electron chi connectivity index (χ4n) is 3.51. The maximum absolute atomic E-state index is 12.9. The van der Waals surface area contributed by atoms with E-state index in [0.29, 0.717) is 6.54 Å². The SMILES string of the molecule is CC(=O)N1CCN(C(=O)c2cc3c([nH]c2=O)CCC3)C[C@H](C(N)=O)C1. The minimum atomic E-state index is -0.649. The Morgan fingerprint density at radius 1 is 1.16 bits per heavy atom. The van der Waals surface area contributed by atoms with E-state index in [1.165, 1.54) is 16.7 Å². The minimum Gasteiger partial charge on any atom is -0.369 e. The highest BCUT2D eigenvalue weighted by molar-refractivity contribution is 5.94. The molecule has 3 N–H and O–H groups in total. The van der Waals surface area contributed by atoms with Gasteiger partial charge >= 0.3 is 0 Å². The third-order valence-electron chi connectivity index (χ3n) is 4.97. The first kappa shape index (κ1) is 17.2. The molecule has 1 aliphatic carbocycles. The van der Waals surface area contributed by atoms with Gasteiger partial charge in [0.25, 0.3) is 11.5 Å². The Morgan fingerprint density at radius 2 is 1.84 bits per heavy atom. The molecule has 3 rings (SSSR count). The van der Waals surface area contributed by atoms with Crippen molar-refractivity contribution in [3.8, 4) is 0 Å². The predicted molar refractivity (Wildman–Crippen MR) is 89.9 cm³/mol. The maximum atomic E-state index is 12.9. The number of pyridine rings is 1. The van der Waals surface area contributed by atoms with Crippen molar-refractivity contribution in [2.24, 2.45) is 11.7 Å². The van der Waals surface area contributed by atoms with Crippen LogP contribution < -0.4 is 11.3 Å². The number of nitrogens with one attached hydrogen (secondary N) is 1. The van der Waals surface area contributed by atoms with Gasteiger partial charge in [0.1, 0.15) is 5.56 Å². The number of rotatable bonds is 2. The second-order valence-electron chi connectivity index (χ2n) is 6.68. The van der Waals surface area contributed by atoms with Gasteiger partial charge in [0, 0.05) is 38.8 Å². The highest BCUT2D eigenvalue weighted by Gasteiger charge is 2.31. The van der Waals surface area contributed by atoms with Crippen molar-refractivity contribution >= 4 is 17.7 Å². The summed E-state index contributed by atoms with van der Waals surface area (Å²) in [6.45, 7) is 2.29. The molecule has 0 aromatic carbocycles. The van der Waals surface area contributed by atoms with Crippen molar-refractivity contribution in [2.45, 2.75) is 26.2 Å². The summed E-state index contributed by atoms with van der Waals surface area (Å²) in [4.78, 5) is 54.2. The van der Waals surface area contributed by atoms with Crippen molar-refractivity contribution in [2.75, 3.05) is 26.2 Å². The third-order valence-corrected chi connectivity index (χ3v) is 4.97. The molecular weight excluding hydrogens is 324 g/mol. The zero-order chi connectivity index (χ0) is 18.1. The van der Waals surface area contributed by atoms with Gasteiger partial charge in [-0.15, -0.1) is 0 Å². The van der Waals surface area contributed by atoms with Crippen LogP contribution in [0.4, 0.5) is 0 Å². The molecule has 1 saturated heterocycles. The number of aromatic amines is 1. The highest BCUT2D eigenvalue weighted by atomic mass is 16.2. The van der Waals surface area contributed by atoms with Gasteiger partial charge in [-0.1, -0.05) is 0 Å². The lowest BCUT2D eigenvalue weighted by Crippen LogP contribution is -2.42. The molecule has 134 valence electrons. The number of amides is 3. The second-order valence-corrected chi connectivity index (χ2v) is 6.68. The number of primary amides is 1. The van der Waals surface area contributed by atoms with Crippen molar-refractivity contribution < 1.29 is 14.4 Å². The molecule has 1 aromatic rings. The van der Waals surface area contributed by atoms with E-state index in [2.05, 4.69) is 4.98 Å². The van der Waals surface area contributed by atoms with Gasteiger partial charge in [-0.3, -0.25) is 19.2 Å². The van der Waals surface area contributed by atoms with E-state index < -0.39 is 23.3 Å². The number of aromatic nitrogens is 1. The fraction of sp³-hybridized carbons (Fsp3) is 0.529. The van der Waals surface area contributed by atoms with Gasteiger partial charge in [0.2, 0.25) is 11.8 Å². The Kier molecular flexibility index (Phi) is 4.61. The van der Waals surface area contributed by atoms with Crippen LogP contribution in [0, 0.1) is 5.92 Å². The monoisotopic (exact) mass is 346 g/mol. The largest absolute Gasteiger partial charge is 0.369 e. The number of H-pyrrole nitrogens is 1. The first-order valence-electron chi connectivity index (χ1n) is 8.46. The topological polar surface area (TPSA) is 117 Å². The molecular formula is C17H22N4O4. The summed E-state index contributed by atoms with van der Waals surface area (Å²) >= 11 is 0. The number of hydrogen-bond donors (Lipinski definition) is 2. The summed E-state index contributed by atoms with van der Waals surface area (Å²) in [6.07, 6.45) is 2.62. The van der Waals surface area contributed by atoms with E-state index in [9.17, 15) is 19.2 Å². The van der Waals surface area contributed by atoms with Gasteiger partial charge in [-0.05, 0) is 30.9 Å². The lowest BCUT2D eigenvalue weighted by molar-refractivity contribution is -0.130. The number of carbonyl (C=O) groups excluding carboxylic acids is 3. The number of nitrogens with two attached hydrogens (primary N) is 1. The Labute approximate surface area is 145 Å². The van der Waals surface area contributed by atoms with E-state index in [4.69, 9.17) is 5.73 Å². The van der Waals surface area contributed by atoms with Crippen molar-refractivity contribution in [3.63, 3.8) is 0 Å². The Hall–Kier alpha value is -2.64. The summed E-state index contributed by atoms with van der Waals surface area (Å²) in [5.74, 6) is -1.80. The van der Waals surface area contributed by atoms with Crippen LogP contribution in [-0.4, -0.2) is 58.7 Å². The van der Waals surface area contributed by atoms with Crippen molar-refractivity contribution in [1.82, 2.24) is 14.8 Å². The number of carbonyl (C=O) groups is 3.